The van der Waals surface area contributed by atoms with Crippen molar-refractivity contribution in [2.45, 2.75) is 0 Å². The topological polar surface area (TPSA) is 59.9 Å². The van der Waals surface area contributed by atoms with Gasteiger partial charge in [0.05, 0.1) is 17.3 Å². The van der Waals surface area contributed by atoms with Crippen LogP contribution in [0.5, 0.6) is 0 Å². The van der Waals surface area contributed by atoms with Gasteiger partial charge in [0.1, 0.15) is 0 Å². The van der Waals surface area contributed by atoms with Gasteiger partial charge in [0, 0.05) is 12.4 Å². The van der Waals surface area contributed by atoms with E-state index in [1.54, 1.807) is 0 Å². The molecular formula is C5H4N2O2S. The van der Waals surface area contributed by atoms with Gasteiger partial charge in [-0.2, -0.15) is 8.42 Å². The number of aromatic nitrogens is 2. The fourth-order valence-electron chi connectivity index (χ4n) is 0.470. The van der Waals surface area contributed by atoms with Crippen molar-refractivity contribution in [1.82, 2.24) is 9.97 Å². The van der Waals surface area contributed by atoms with Crippen LogP contribution in [0.1, 0.15) is 5.69 Å². The lowest BCUT2D eigenvalue weighted by molar-refractivity contribution is 0.627. The Kier molecular flexibility index (Phi) is 2.11. The number of nitrogens with zero attached hydrogens (tertiary/aromatic N) is 2. The van der Waals surface area contributed by atoms with Gasteiger partial charge in [-0.1, -0.05) is 0 Å². The molecule has 0 saturated heterocycles. The average Bonchev–Trinajstić information content (AvgIpc) is 1.88. The van der Waals surface area contributed by atoms with Crippen molar-refractivity contribution in [3.63, 3.8) is 0 Å². The molecule has 0 saturated carbocycles. The third-order valence-electron chi connectivity index (χ3n) is 0.800. The van der Waals surface area contributed by atoms with Crippen LogP contribution in [0.4, 0.5) is 0 Å². The summed E-state index contributed by atoms with van der Waals surface area (Å²) >= 11 is 0. The molecule has 0 atom stereocenters. The minimum Gasteiger partial charge on any atom is -0.261 e. The van der Waals surface area contributed by atoms with Gasteiger partial charge in [-0.25, -0.2) is 0 Å². The Balaban J connectivity index is 3.10. The molecule has 0 N–H and O–H groups in total. The molecule has 0 fully saturated rings. The first kappa shape index (κ1) is 6.88. The maximum Gasteiger partial charge on any atom is 0.216 e. The zero-order chi connectivity index (χ0) is 7.40. The van der Waals surface area contributed by atoms with Crippen LogP contribution in [0.15, 0.2) is 18.6 Å². The predicted molar refractivity (Wildman–Crippen MR) is 36.1 cm³/mol. The highest BCUT2D eigenvalue weighted by molar-refractivity contribution is 7.71. The molecule has 1 rings (SSSR count). The lowest BCUT2D eigenvalue weighted by Crippen LogP contribution is -1.87. The zero-order valence-electron chi connectivity index (χ0n) is 4.93. The van der Waals surface area contributed by atoms with Gasteiger partial charge in [-0.05, 0) is 0 Å². The van der Waals surface area contributed by atoms with Crippen LogP contribution < -0.4 is 0 Å². The fourth-order valence-corrected chi connectivity index (χ4v) is 0.789. The molecule has 1 aromatic heterocycles. The Morgan fingerprint density at radius 3 is 2.70 bits per heavy atom. The summed E-state index contributed by atoms with van der Waals surface area (Å²) in [6.45, 7) is 0. The Labute approximate surface area is 59.1 Å². The van der Waals surface area contributed by atoms with Crippen molar-refractivity contribution in [3.05, 3.63) is 24.3 Å². The summed E-state index contributed by atoms with van der Waals surface area (Å²) in [5, 5.41) is 0.993. The van der Waals surface area contributed by atoms with Crippen LogP contribution in [-0.2, 0) is 10.3 Å². The summed E-state index contributed by atoms with van der Waals surface area (Å²) in [6, 6.07) is 0. The molecule has 0 spiro atoms. The van der Waals surface area contributed by atoms with Crippen LogP contribution in [0.3, 0.4) is 0 Å². The minimum absolute atomic E-state index is 0.343. The van der Waals surface area contributed by atoms with E-state index in [2.05, 4.69) is 9.97 Å². The Morgan fingerprint density at radius 1 is 1.40 bits per heavy atom. The van der Waals surface area contributed by atoms with E-state index in [1.807, 2.05) is 0 Å². The van der Waals surface area contributed by atoms with E-state index >= 15 is 0 Å². The molecule has 1 heterocycles. The molecule has 0 bridgehead atoms. The van der Waals surface area contributed by atoms with E-state index in [9.17, 15) is 8.42 Å². The monoisotopic (exact) mass is 156 g/mol. The smallest absolute Gasteiger partial charge is 0.216 e. The summed E-state index contributed by atoms with van der Waals surface area (Å²) in [5.74, 6) is 0. The average molecular weight is 156 g/mol. The highest BCUT2D eigenvalue weighted by atomic mass is 32.2. The van der Waals surface area contributed by atoms with Crippen LogP contribution in [0.2, 0.25) is 0 Å². The second kappa shape index (κ2) is 3.07. The van der Waals surface area contributed by atoms with Gasteiger partial charge in [-0.15, -0.1) is 0 Å². The number of hydrogen-bond donors (Lipinski definition) is 0. The molecule has 0 aliphatic heterocycles. The molecule has 52 valence electrons. The van der Waals surface area contributed by atoms with Gasteiger partial charge >= 0.3 is 0 Å². The van der Waals surface area contributed by atoms with E-state index in [1.165, 1.54) is 18.6 Å². The lowest BCUT2D eigenvalue weighted by atomic mass is 10.5. The van der Waals surface area contributed by atoms with Crippen molar-refractivity contribution >= 4 is 15.7 Å². The van der Waals surface area contributed by atoms with Crippen LogP contribution in [0, 0.1) is 0 Å². The SMILES string of the molecule is O=S(=O)=Cc1cnccn1. The van der Waals surface area contributed by atoms with Crippen molar-refractivity contribution in [2.75, 3.05) is 0 Å². The van der Waals surface area contributed by atoms with E-state index in [4.69, 9.17) is 0 Å². The van der Waals surface area contributed by atoms with Crippen molar-refractivity contribution in [3.8, 4) is 0 Å². The standard InChI is InChI=1S/C5H4N2O2S/c8-10(9)4-5-3-6-1-2-7-5/h1-4H. The molecule has 5 heteroatoms. The molecule has 10 heavy (non-hydrogen) atoms. The first-order valence-electron chi connectivity index (χ1n) is 2.48. The number of hydrogen-bond acceptors (Lipinski definition) is 4. The summed E-state index contributed by atoms with van der Waals surface area (Å²) in [7, 11) is -2.19. The van der Waals surface area contributed by atoms with Gasteiger partial charge < -0.3 is 0 Å². The van der Waals surface area contributed by atoms with E-state index < -0.39 is 10.3 Å². The van der Waals surface area contributed by atoms with Crippen molar-refractivity contribution in [2.24, 2.45) is 0 Å². The molecule has 1 aromatic rings. The van der Waals surface area contributed by atoms with Gasteiger partial charge in [0.25, 0.3) is 0 Å². The largest absolute Gasteiger partial charge is 0.261 e. The molecular weight excluding hydrogens is 152 g/mol. The molecule has 0 aliphatic rings. The Morgan fingerprint density at radius 2 is 2.20 bits per heavy atom. The minimum atomic E-state index is -2.19. The lowest BCUT2D eigenvalue weighted by Gasteiger charge is -1.82. The molecule has 0 unspecified atom stereocenters. The fraction of sp³-hybridized carbons (Fsp3) is 0. The molecule has 0 aromatic carbocycles. The van der Waals surface area contributed by atoms with E-state index in [0.717, 1.165) is 5.37 Å². The number of rotatable bonds is 1. The highest BCUT2D eigenvalue weighted by Gasteiger charge is 1.84. The summed E-state index contributed by atoms with van der Waals surface area (Å²) in [5.41, 5.74) is 0.343. The molecule has 0 radical (unpaired) electrons. The first-order valence-corrected chi connectivity index (χ1v) is 3.62. The molecule has 0 amide bonds. The van der Waals surface area contributed by atoms with Crippen molar-refractivity contribution < 1.29 is 8.42 Å². The van der Waals surface area contributed by atoms with Crippen LogP contribution in [0.25, 0.3) is 0 Å². The van der Waals surface area contributed by atoms with Crippen LogP contribution in [-0.4, -0.2) is 23.8 Å². The normalized spacial score (nSPS) is 8.80. The van der Waals surface area contributed by atoms with Crippen molar-refractivity contribution in [1.29, 1.82) is 0 Å². The quantitative estimate of drug-likeness (QED) is 0.514. The van der Waals surface area contributed by atoms with Gasteiger partial charge in [0.15, 0.2) is 0 Å². The zero-order valence-corrected chi connectivity index (χ0v) is 5.75. The maximum atomic E-state index is 10.0. The predicted octanol–water partition coefficient (Wildman–Crippen LogP) is -0.494. The molecule has 4 nitrogen and oxygen atoms in total. The van der Waals surface area contributed by atoms with Gasteiger partial charge in [0.2, 0.25) is 10.3 Å². The summed E-state index contributed by atoms with van der Waals surface area (Å²) in [6.07, 6.45) is 4.28. The summed E-state index contributed by atoms with van der Waals surface area (Å²) < 4.78 is 20.1. The highest BCUT2D eigenvalue weighted by Crippen LogP contribution is 1.81. The van der Waals surface area contributed by atoms with Crippen LogP contribution >= 0.6 is 0 Å². The Hall–Kier alpha value is -1.23. The maximum absolute atomic E-state index is 10.0. The van der Waals surface area contributed by atoms with Gasteiger partial charge in [-0.3, -0.25) is 9.97 Å². The summed E-state index contributed by atoms with van der Waals surface area (Å²) in [4.78, 5) is 7.38. The van der Waals surface area contributed by atoms with E-state index in [-0.39, 0.29) is 0 Å². The van der Waals surface area contributed by atoms with E-state index in [0.29, 0.717) is 5.69 Å². The second-order valence-corrected chi connectivity index (χ2v) is 2.27. The molecule has 0 aliphatic carbocycles. The third-order valence-corrected chi connectivity index (χ3v) is 1.23. The Bertz CT molecular complexity index is 322. The third kappa shape index (κ3) is 1.94. The second-order valence-electron chi connectivity index (χ2n) is 1.51. The first-order chi connectivity index (χ1) is 4.79.